The van der Waals surface area contributed by atoms with Gasteiger partial charge < -0.3 is 14.6 Å². The second kappa shape index (κ2) is 10.5. The maximum absolute atomic E-state index is 13.2. The number of ether oxygens (including phenoxy) is 2. The third kappa shape index (κ3) is 5.25. The first-order chi connectivity index (χ1) is 16.9. The normalized spacial score (nSPS) is 11.2. The largest absolute Gasteiger partial charge is 0.493 e. The lowest BCUT2D eigenvalue weighted by Gasteiger charge is -2.14. The van der Waals surface area contributed by atoms with Crippen LogP contribution >= 0.6 is 15.9 Å². The molecule has 0 fully saturated rings. The van der Waals surface area contributed by atoms with Crippen LogP contribution in [0.4, 0.5) is 0 Å². The van der Waals surface area contributed by atoms with Gasteiger partial charge in [0.05, 0.1) is 29.8 Å². The number of nitrogens with zero attached hydrogens (tertiary/aromatic N) is 3. The number of carboxylic acids is 1. The van der Waals surface area contributed by atoms with Crippen LogP contribution in [-0.4, -0.2) is 34.1 Å². The van der Waals surface area contributed by atoms with E-state index in [1.165, 1.54) is 24.1 Å². The van der Waals surface area contributed by atoms with Crippen molar-refractivity contribution in [3.8, 4) is 11.5 Å². The van der Waals surface area contributed by atoms with Crippen molar-refractivity contribution in [1.82, 2.24) is 9.66 Å². The number of methoxy groups -OCH3 is 1. The second-order valence-electron chi connectivity index (χ2n) is 7.58. The standard InChI is InChI=1S/C26H22BrN3O5/c1-3-23-29-21-11-10-19(27)13-20(21)25(31)30(23)28-14-18-8-5-9-22(34-2)24(18)35-15-16-6-4-7-17(12-16)26(32)33/h4-14H,3,15H2,1-2H3,(H,32,33). The minimum atomic E-state index is -1.01. The Balaban J connectivity index is 1.71. The number of para-hydroxylation sites is 1. The number of fused-ring (bicyclic) bond motifs is 1. The molecule has 0 radical (unpaired) electrons. The molecule has 0 atom stereocenters. The molecule has 1 aromatic heterocycles. The molecule has 0 aliphatic rings. The Labute approximate surface area is 209 Å². The number of rotatable bonds is 8. The molecule has 8 nitrogen and oxygen atoms in total. The number of hydrogen-bond donors (Lipinski definition) is 1. The topological polar surface area (TPSA) is 103 Å². The van der Waals surface area contributed by atoms with Gasteiger partial charge in [-0.25, -0.2) is 9.78 Å². The number of hydrogen-bond acceptors (Lipinski definition) is 6. The molecule has 0 bridgehead atoms. The molecule has 0 aliphatic carbocycles. The molecule has 35 heavy (non-hydrogen) atoms. The average molecular weight is 536 g/mol. The molecule has 1 N–H and O–H groups in total. The Morgan fingerprint density at radius 3 is 2.71 bits per heavy atom. The van der Waals surface area contributed by atoms with E-state index >= 15 is 0 Å². The third-order valence-electron chi connectivity index (χ3n) is 5.29. The lowest BCUT2D eigenvalue weighted by molar-refractivity contribution is 0.0696. The summed E-state index contributed by atoms with van der Waals surface area (Å²) in [5, 5.41) is 14.1. The van der Waals surface area contributed by atoms with Crippen molar-refractivity contribution in [3.05, 3.63) is 98.0 Å². The Morgan fingerprint density at radius 1 is 1.17 bits per heavy atom. The number of carbonyl (C=O) groups is 1. The van der Waals surface area contributed by atoms with Gasteiger partial charge in [0.2, 0.25) is 0 Å². The molecule has 0 amide bonds. The molecule has 1 heterocycles. The minimum Gasteiger partial charge on any atom is -0.493 e. The Kier molecular flexibility index (Phi) is 7.26. The quantitative estimate of drug-likeness (QED) is 0.322. The van der Waals surface area contributed by atoms with Gasteiger partial charge in [-0.3, -0.25) is 4.79 Å². The zero-order valence-electron chi connectivity index (χ0n) is 19.1. The predicted octanol–water partition coefficient (Wildman–Crippen LogP) is 4.89. The SMILES string of the molecule is CCc1nc2ccc(Br)cc2c(=O)n1N=Cc1cccc(OC)c1OCc1cccc(C(=O)O)c1. The van der Waals surface area contributed by atoms with Crippen LogP contribution in [0.25, 0.3) is 10.9 Å². The fraction of sp³-hybridized carbons (Fsp3) is 0.154. The number of aryl methyl sites for hydroxylation is 1. The first-order valence-corrected chi connectivity index (χ1v) is 11.6. The highest BCUT2D eigenvalue weighted by Gasteiger charge is 2.13. The second-order valence-corrected chi connectivity index (χ2v) is 8.49. The van der Waals surface area contributed by atoms with Crippen LogP contribution < -0.4 is 15.0 Å². The van der Waals surface area contributed by atoms with Crippen molar-refractivity contribution >= 4 is 39.0 Å². The molecule has 0 spiro atoms. The number of aromatic carboxylic acids is 1. The number of benzene rings is 3. The van der Waals surface area contributed by atoms with Crippen molar-refractivity contribution in [2.24, 2.45) is 5.10 Å². The van der Waals surface area contributed by atoms with E-state index in [2.05, 4.69) is 26.0 Å². The summed E-state index contributed by atoms with van der Waals surface area (Å²) in [7, 11) is 1.53. The number of carboxylic acid groups (broad SMARTS) is 1. The molecule has 0 aliphatic heterocycles. The molecule has 0 saturated heterocycles. The Morgan fingerprint density at radius 2 is 1.97 bits per heavy atom. The van der Waals surface area contributed by atoms with E-state index < -0.39 is 5.97 Å². The van der Waals surface area contributed by atoms with Gasteiger partial charge in [-0.15, -0.1) is 0 Å². The van der Waals surface area contributed by atoms with E-state index in [4.69, 9.17) is 9.47 Å². The van der Waals surface area contributed by atoms with E-state index in [-0.39, 0.29) is 17.7 Å². The van der Waals surface area contributed by atoms with Crippen molar-refractivity contribution in [1.29, 1.82) is 0 Å². The smallest absolute Gasteiger partial charge is 0.335 e. The summed E-state index contributed by atoms with van der Waals surface area (Å²) in [6, 6.07) is 17.2. The van der Waals surface area contributed by atoms with Gasteiger partial charge in [0.15, 0.2) is 11.5 Å². The summed E-state index contributed by atoms with van der Waals surface area (Å²) in [4.78, 5) is 29.0. The zero-order chi connectivity index (χ0) is 24.9. The summed E-state index contributed by atoms with van der Waals surface area (Å²) in [5.74, 6) is 0.413. The molecule has 0 saturated carbocycles. The summed E-state index contributed by atoms with van der Waals surface area (Å²) < 4.78 is 13.5. The lowest BCUT2D eigenvalue weighted by Crippen LogP contribution is -2.22. The van der Waals surface area contributed by atoms with Gasteiger partial charge in [-0.2, -0.15) is 9.78 Å². The third-order valence-corrected chi connectivity index (χ3v) is 5.78. The number of aromatic nitrogens is 2. The molecule has 4 aromatic rings. The van der Waals surface area contributed by atoms with Gasteiger partial charge in [-0.05, 0) is 48.0 Å². The van der Waals surface area contributed by atoms with Crippen LogP contribution in [0.15, 0.2) is 75.0 Å². The van der Waals surface area contributed by atoms with Gasteiger partial charge >= 0.3 is 5.97 Å². The summed E-state index contributed by atoms with van der Waals surface area (Å²) in [6.07, 6.45) is 2.04. The highest BCUT2D eigenvalue weighted by atomic mass is 79.9. The molecule has 9 heteroatoms. The monoisotopic (exact) mass is 535 g/mol. The van der Waals surface area contributed by atoms with Crippen LogP contribution in [0, 0.1) is 0 Å². The summed E-state index contributed by atoms with van der Waals surface area (Å²) in [6.45, 7) is 2.03. The highest BCUT2D eigenvalue weighted by molar-refractivity contribution is 9.10. The molecule has 4 rings (SSSR count). The van der Waals surface area contributed by atoms with Crippen LogP contribution in [0.5, 0.6) is 11.5 Å². The zero-order valence-corrected chi connectivity index (χ0v) is 20.7. The van der Waals surface area contributed by atoms with Gasteiger partial charge in [-0.1, -0.05) is 41.1 Å². The van der Waals surface area contributed by atoms with E-state index in [1.807, 2.05) is 13.0 Å². The Hall–Kier alpha value is -3.98. The predicted molar refractivity (Wildman–Crippen MR) is 137 cm³/mol. The fourth-order valence-electron chi connectivity index (χ4n) is 3.56. The molecular weight excluding hydrogens is 514 g/mol. The fourth-order valence-corrected chi connectivity index (χ4v) is 3.92. The minimum absolute atomic E-state index is 0.119. The molecule has 3 aromatic carbocycles. The van der Waals surface area contributed by atoms with Gasteiger partial charge in [0, 0.05) is 16.5 Å². The van der Waals surface area contributed by atoms with Crippen LogP contribution in [-0.2, 0) is 13.0 Å². The van der Waals surface area contributed by atoms with Gasteiger partial charge in [0.25, 0.3) is 5.56 Å². The molecule has 178 valence electrons. The highest BCUT2D eigenvalue weighted by Crippen LogP contribution is 2.31. The van der Waals surface area contributed by atoms with E-state index in [0.717, 1.165) is 4.47 Å². The first-order valence-electron chi connectivity index (χ1n) is 10.8. The van der Waals surface area contributed by atoms with E-state index in [1.54, 1.807) is 48.5 Å². The average Bonchev–Trinajstić information content (AvgIpc) is 2.87. The van der Waals surface area contributed by atoms with Crippen molar-refractivity contribution in [2.75, 3.05) is 7.11 Å². The van der Waals surface area contributed by atoms with Gasteiger partial charge in [0.1, 0.15) is 12.4 Å². The van der Waals surface area contributed by atoms with E-state index in [0.29, 0.717) is 45.8 Å². The Bertz CT molecular complexity index is 1500. The van der Waals surface area contributed by atoms with Crippen LogP contribution in [0.1, 0.15) is 34.2 Å². The number of halogens is 1. The maximum atomic E-state index is 13.2. The summed E-state index contributed by atoms with van der Waals surface area (Å²) in [5.41, 5.74) is 1.78. The van der Waals surface area contributed by atoms with Crippen molar-refractivity contribution < 1.29 is 19.4 Å². The molecular formula is C26H22BrN3O5. The lowest BCUT2D eigenvalue weighted by atomic mass is 10.1. The van der Waals surface area contributed by atoms with Crippen molar-refractivity contribution in [2.45, 2.75) is 20.0 Å². The van der Waals surface area contributed by atoms with Crippen LogP contribution in [0.2, 0.25) is 0 Å². The van der Waals surface area contributed by atoms with Crippen molar-refractivity contribution in [3.63, 3.8) is 0 Å². The maximum Gasteiger partial charge on any atom is 0.335 e. The molecule has 0 unspecified atom stereocenters. The van der Waals surface area contributed by atoms with Crippen LogP contribution in [0.3, 0.4) is 0 Å². The van der Waals surface area contributed by atoms with E-state index in [9.17, 15) is 14.7 Å². The summed E-state index contributed by atoms with van der Waals surface area (Å²) >= 11 is 3.40. The first kappa shape index (κ1) is 24.2.